The van der Waals surface area contributed by atoms with E-state index in [0.717, 1.165) is 10.5 Å². The fourth-order valence-electron chi connectivity index (χ4n) is 1.88. The third-order valence-corrected chi connectivity index (χ3v) is 2.84. The number of nitrogens with zero attached hydrogens (tertiary/aromatic N) is 1. The summed E-state index contributed by atoms with van der Waals surface area (Å²) in [5.74, 6) is -0.809. The molecule has 1 aromatic carbocycles. The molecule has 96 valence electrons. The molecule has 18 heavy (non-hydrogen) atoms. The molecule has 0 aromatic heterocycles. The Balaban J connectivity index is 2.08. The maximum atomic E-state index is 11.5. The third-order valence-electron chi connectivity index (χ3n) is 2.84. The topological polar surface area (TPSA) is 66.8 Å². The lowest BCUT2D eigenvalue weighted by molar-refractivity contribution is -0.160. The van der Waals surface area contributed by atoms with Crippen LogP contribution in [0.1, 0.15) is 17.2 Å². The van der Waals surface area contributed by atoms with Crippen LogP contribution in [0.5, 0.6) is 0 Å². The van der Waals surface area contributed by atoms with Gasteiger partial charge in [0.05, 0.1) is 12.6 Å². The Labute approximate surface area is 105 Å². The van der Waals surface area contributed by atoms with Gasteiger partial charge in [-0.1, -0.05) is 29.8 Å². The van der Waals surface area contributed by atoms with Gasteiger partial charge in [0.25, 0.3) is 11.8 Å². The molecule has 1 unspecified atom stereocenters. The molecule has 2 amide bonds. The van der Waals surface area contributed by atoms with Gasteiger partial charge in [0.1, 0.15) is 13.2 Å². The van der Waals surface area contributed by atoms with Gasteiger partial charge in [0, 0.05) is 0 Å². The van der Waals surface area contributed by atoms with Gasteiger partial charge in [0.15, 0.2) is 0 Å². The molecule has 0 radical (unpaired) electrons. The minimum Gasteiger partial charge on any atom is -0.387 e. The molecule has 1 aromatic rings. The van der Waals surface area contributed by atoms with Crippen molar-refractivity contribution in [2.24, 2.45) is 0 Å². The number of rotatable bonds is 3. The lowest BCUT2D eigenvalue weighted by Crippen LogP contribution is -2.47. The first-order valence-electron chi connectivity index (χ1n) is 5.73. The minimum absolute atomic E-state index is 0.0233. The zero-order valence-corrected chi connectivity index (χ0v) is 10.1. The molecule has 1 N–H and O–H groups in total. The molecule has 0 bridgehead atoms. The zero-order chi connectivity index (χ0) is 13.1. The molecule has 0 spiro atoms. The van der Waals surface area contributed by atoms with Gasteiger partial charge < -0.3 is 9.84 Å². The van der Waals surface area contributed by atoms with Crippen molar-refractivity contribution in [1.82, 2.24) is 4.90 Å². The zero-order valence-electron chi connectivity index (χ0n) is 10.1. The molecule has 5 nitrogen and oxygen atoms in total. The number of carbonyl (C=O) groups excluding carboxylic acids is 2. The Hall–Kier alpha value is -1.72. The Morgan fingerprint density at radius 2 is 2.00 bits per heavy atom. The van der Waals surface area contributed by atoms with Crippen molar-refractivity contribution in [1.29, 1.82) is 0 Å². The van der Waals surface area contributed by atoms with Gasteiger partial charge in [0.2, 0.25) is 0 Å². The quantitative estimate of drug-likeness (QED) is 0.788. The molecule has 1 fully saturated rings. The molecule has 1 heterocycles. The Morgan fingerprint density at radius 1 is 1.33 bits per heavy atom. The first-order valence-corrected chi connectivity index (χ1v) is 5.73. The van der Waals surface area contributed by atoms with Gasteiger partial charge in [-0.2, -0.15) is 0 Å². The lowest BCUT2D eigenvalue weighted by atomic mass is 10.1. The second-order valence-electron chi connectivity index (χ2n) is 4.32. The number of β-amino-alcohol motifs (C(OH)–C–C–N with tert-alkyl or cyclic N) is 1. The van der Waals surface area contributed by atoms with E-state index in [4.69, 9.17) is 4.74 Å². The van der Waals surface area contributed by atoms with Crippen LogP contribution in [0.2, 0.25) is 0 Å². The van der Waals surface area contributed by atoms with Crippen LogP contribution in [0.3, 0.4) is 0 Å². The molecule has 0 aliphatic carbocycles. The fraction of sp³-hybridized carbons (Fsp3) is 0.385. The van der Waals surface area contributed by atoms with Crippen LogP contribution in [-0.4, -0.2) is 41.6 Å². The highest BCUT2D eigenvalue weighted by Crippen LogP contribution is 2.16. The first-order chi connectivity index (χ1) is 8.58. The standard InChI is InChI=1S/C13H15NO4/c1-9-3-2-4-10(5-9)11(15)6-14-12(16)7-18-8-13(14)17/h2-5,11,15H,6-8H2,1H3. The van der Waals surface area contributed by atoms with Crippen molar-refractivity contribution in [2.45, 2.75) is 13.0 Å². The second kappa shape index (κ2) is 5.29. The van der Waals surface area contributed by atoms with E-state index in [2.05, 4.69) is 0 Å². The molecule has 1 aliphatic heterocycles. The Morgan fingerprint density at radius 3 is 2.61 bits per heavy atom. The number of imide groups is 1. The molecule has 1 aliphatic rings. The number of amides is 2. The average molecular weight is 249 g/mol. The summed E-state index contributed by atoms with van der Waals surface area (Å²) in [7, 11) is 0. The minimum atomic E-state index is -0.865. The van der Waals surface area contributed by atoms with E-state index < -0.39 is 17.9 Å². The van der Waals surface area contributed by atoms with Crippen molar-refractivity contribution >= 4 is 11.8 Å². The monoisotopic (exact) mass is 249 g/mol. The van der Waals surface area contributed by atoms with Crippen LogP contribution in [0, 0.1) is 6.92 Å². The molecule has 2 rings (SSSR count). The number of aliphatic hydroxyl groups excluding tert-OH is 1. The number of morpholine rings is 1. The summed E-state index contributed by atoms with van der Waals surface area (Å²) in [6, 6.07) is 7.35. The van der Waals surface area contributed by atoms with E-state index in [1.54, 1.807) is 6.07 Å². The van der Waals surface area contributed by atoms with E-state index in [1.165, 1.54) is 0 Å². The van der Waals surface area contributed by atoms with E-state index in [1.807, 2.05) is 25.1 Å². The van der Waals surface area contributed by atoms with Gasteiger partial charge in [-0.25, -0.2) is 0 Å². The third kappa shape index (κ3) is 2.75. The van der Waals surface area contributed by atoms with E-state index in [0.29, 0.717) is 5.56 Å². The summed E-state index contributed by atoms with van der Waals surface area (Å²) in [6.45, 7) is 1.68. The molecular weight excluding hydrogens is 234 g/mol. The highest BCUT2D eigenvalue weighted by Gasteiger charge is 2.28. The molecule has 1 atom stereocenters. The second-order valence-corrected chi connectivity index (χ2v) is 4.32. The highest BCUT2D eigenvalue weighted by atomic mass is 16.5. The van der Waals surface area contributed by atoms with Crippen molar-refractivity contribution < 1.29 is 19.4 Å². The number of aryl methyl sites for hydroxylation is 1. The van der Waals surface area contributed by atoms with Crippen LogP contribution in [0.25, 0.3) is 0 Å². The Bertz CT molecular complexity index is 456. The van der Waals surface area contributed by atoms with E-state index in [-0.39, 0.29) is 19.8 Å². The summed E-state index contributed by atoms with van der Waals surface area (Å²) in [6.07, 6.45) is -0.865. The molecule has 0 saturated carbocycles. The van der Waals surface area contributed by atoms with Crippen LogP contribution < -0.4 is 0 Å². The van der Waals surface area contributed by atoms with Crippen LogP contribution in [0.4, 0.5) is 0 Å². The smallest absolute Gasteiger partial charge is 0.255 e. The number of aliphatic hydroxyl groups is 1. The summed E-state index contributed by atoms with van der Waals surface area (Å²) in [4.78, 5) is 24.1. The SMILES string of the molecule is Cc1cccc(C(O)CN2C(=O)COCC2=O)c1. The van der Waals surface area contributed by atoms with Crippen molar-refractivity contribution in [3.8, 4) is 0 Å². The highest BCUT2D eigenvalue weighted by molar-refractivity contribution is 5.98. The largest absolute Gasteiger partial charge is 0.387 e. The maximum absolute atomic E-state index is 11.5. The summed E-state index contributed by atoms with van der Waals surface area (Å²) >= 11 is 0. The summed E-state index contributed by atoms with van der Waals surface area (Å²) in [5.41, 5.74) is 1.72. The van der Waals surface area contributed by atoms with Crippen molar-refractivity contribution in [3.05, 3.63) is 35.4 Å². The maximum Gasteiger partial charge on any atom is 0.255 e. The number of ether oxygens (including phenoxy) is 1. The van der Waals surface area contributed by atoms with Crippen LogP contribution in [0.15, 0.2) is 24.3 Å². The molecule has 1 saturated heterocycles. The molecular formula is C13H15NO4. The van der Waals surface area contributed by atoms with E-state index >= 15 is 0 Å². The number of hydrogen-bond donors (Lipinski definition) is 1. The van der Waals surface area contributed by atoms with Gasteiger partial charge in [-0.05, 0) is 12.5 Å². The number of carbonyl (C=O) groups is 2. The van der Waals surface area contributed by atoms with Crippen LogP contribution in [-0.2, 0) is 14.3 Å². The first kappa shape index (κ1) is 12.7. The fourth-order valence-corrected chi connectivity index (χ4v) is 1.88. The molecule has 5 heteroatoms. The Kier molecular flexibility index (Phi) is 3.74. The predicted molar refractivity (Wildman–Crippen MR) is 63.7 cm³/mol. The van der Waals surface area contributed by atoms with Crippen LogP contribution >= 0.6 is 0 Å². The number of hydrogen-bond acceptors (Lipinski definition) is 4. The predicted octanol–water partition coefficient (Wildman–Crippen LogP) is 0.414. The number of benzene rings is 1. The van der Waals surface area contributed by atoms with Crippen molar-refractivity contribution in [2.75, 3.05) is 19.8 Å². The van der Waals surface area contributed by atoms with E-state index in [9.17, 15) is 14.7 Å². The van der Waals surface area contributed by atoms with Crippen molar-refractivity contribution in [3.63, 3.8) is 0 Å². The van der Waals surface area contributed by atoms with Gasteiger partial charge in [-0.3, -0.25) is 14.5 Å². The van der Waals surface area contributed by atoms with Gasteiger partial charge in [-0.15, -0.1) is 0 Å². The summed E-state index contributed by atoms with van der Waals surface area (Å²) in [5, 5.41) is 10.0. The normalized spacial score (nSPS) is 18.0. The lowest BCUT2D eigenvalue weighted by Gasteiger charge is -2.27. The van der Waals surface area contributed by atoms with Gasteiger partial charge >= 0.3 is 0 Å². The summed E-state index contributed by atoms with van der Waals surface area (Å²) < 4.78 is 4.81. The average Bonchev–Trinajstić information content (AvgIpc) is 2.34.